The molecule has 5 nitrogen and oxygen atoms in total. The van der Waals surface area contributed by atoms with Gasteiger partial charge >= 0.3 is 5.97 Å². The van der Waals surface area contributed by atoms with Crippen LogP contribution in [0.4, 0.5) is 5.69 Å². The number of sulfonamides is 1. The average Bonchev–Trinajstić information content (AvgIpc) is 2.45. The molecule has 0 atom stereocenters. The molecule has 122 valence electrons. The maximum Gasteiger partial charge on any atom is 0.339 e. The van der Waals surface area contributed by atoms with Crippen LogP contribution in [0.15, 0.2) is 41.3 Å². The van der Waals surface area contributed by atoms with Crippen LogP contribution in [-0.4, -0.2) is 21.5 Å². The number of carbonyl (C=O) groups is 1. The highest BCUT2D eigenvalue weighted by molar-refractivity contribution is 7.92. The molecule has 23 heavy (non-hydrogen) atoms. The lowest BCUT2D eigenvalue weighted by Gasteiger charge is -2.12. The van der Waals surface area contributed by atoms with E-state index in [2.05, 4.69) is 9.46 Å². The zero-order chi connectivity index (χ0) is 17.2. The van der Waals surface area contributed by atoms with Crippen molar-refractivity contribution in [3.05, 3.63) is 57.0 Å². The summed E-state index contributed by atoms with van der Waals surface area (Å²) >= 11 is 17.5. The molecule has 9 heteroatoms. The SMILES string of the molecule is COC(=O)c1ccc(Cl)cc1NS(=O)(=O)c1cc(Cl)cc(Cl)c1. The number of esters is 1. The second-order valence-electron chi connectivity index (χ2n) is 4.39. The molecule has 2 aromatic carbocycles. The van der Waals surface area contributed by atoms with Gasteiger partial charge in [0, 0.05) is 15.1 Å². The topological polar surface area (TPSA) is 72.5 Å². The average molecular weight is 395 g/mol. The van der Waals surface area contributed by atoms with E-state index >= 15 is 0 Å². The fourth-order valence-corrected chi connectivity index (χ4v) is 3.74. The number of ether oxygens (including phenoxy) is 1. The first-order valence-electron chi connectivity index (χ1n) is 6.10. The van der Waals surface area contributed by atoms with E-state index in [9.17, 15) is 13.2 Å². The van der Waals surface area contributed by atoms with Crippen LogP contribution < -0.4 is 4.72 Å². The summed E-state index contributed by atoms with van der Waals surface area (Å²) in [6, 6.07) is 7.98. The molecule has 2 rings (SSSR count). The predicted molar refractivity (Wildman–Crippen MR) is 90.1 cm³/mol. The minimum Gasteiger partial charge on any atom is -0.465 e. The summed E-state index contributed by atoms with van der Waals surface area (Å²) in [4.78, 5) is 11.6. The molecule has 0 saturated heterocycles. The molecule has 0 aromatic heterocycles. The van der Waals surface area contributed by atoms with Crippen LogP contribution in [0.5, 0.6) is 0 Å². The van der Waals surface area contributed by atoms with Crippen molar-refractivity contribution in [3.63, 3.8) is 0 Å². The van der Waals surface area contributed by atoms with E-state index < -0.39 is 16.0 Å². The molecule has 0 aliphatic carbocycles. The van der Waals surface area contributed by atoms with Crippen molar-refractivity contribution in [2.45, 2.75) is 4.90 Å². The number of nitrogens with one attached hydrogen (secondary N) is 1. The van der Waals surface area contributed by atoms with Crippen LogP contribution in [0.25, 0.3) is 0 Å². The van der Waals surface area contributed by atoms with Gasteiger partial charge in [-0.15, -0.1) is 0 Å². The van der Waals surface area contributed by atoms with E-state index in [4.69, 9.17) is 34.8 Å². The Labute approximate surface area is 148 Å². The fourth-order valence-electron chi connectivity index (χ4n) is 1.78. The third kappa shape index (κ3) is 4.29. The molecule has 0 radical (unpaired) electrons. The Morgan fingerprint density at radius 3 is 2.17 bits per heavy atom. The predicted octanol–water partition coefficient (Wildman–Crippen LogP) is 4.23. The third-order valence-corrected chi connectivity index (χ3v) is 4.79. The van der Waals surface area contributed by atoms with Gasteiger partial charge in [-0.2, -0.15) is 0 Å². The Bertz CT molecular complexity index is 848. The first kappa shape index (κ1) is 17.9. The van der Waals surface area contributed by atoms with Crippen molar-refractivity contribution in [2.75, 3.05) is 11.8 Å². The van der Waals surface area contributed by atoms with E-state index in [1.807, 2.05) is 0 Å². The number of hydrogen-bond donors (Lipinski definition) is 1. The highest BCUT2D eigenvalue weighted by atomic mass is 35.5. The van der Waals surface area contributed by atoms with E-state index in [1.54, 1.807) is 0 Å². The number of benzene rings is 2. The first-order valence-corrected chi connectivity index (χ1v) is 8.71. The minimum absolute atomic E-state index is 0.0135. The van der Waals surface area contributed by atoms with Gasteiger partial charge in [0.05, 0.1) is 23.3 Å². The molecule has 0 amide bonds. The third-order valence-electron chi connectivity index (χ3n) is 2.78. The molecular weight excluding hydrogens is 385 g/mol. The summed E-state index contributed by atoms with van der Waals surface area (Å²) in [6.07, 6.45) is 0. The van der Waals surface area contributed by atoms with Crippen molar-refractivity contribution < 1.29 is 17.9 Å². The van der Waals surface area contributed by atoms with Gasteiger partial charge in [0.1, 0.15) is 0 Å². The molecule has 0 fully saturated rings. The van der Waals surface area contributed by atoms with Gasteiger partial charge < -0.3 is 4.74 Å². The van der Waals surface area contributed by atoms with E-state index in [-0.39, 0.29) is 31.2 Å². The lowest BCUT2D eigenvalue weighted by Crippen LogP contribution is -2.16. The Morgan fingerprint density at radius 2 is 1.61 bits per heavy atom. The van der Waals surface area contributed by atoms with Crippen molar-refractivity contribution in [3.8, 4) is 0 Å². The van der Waals surface area contributed by atoms with E-state index in [0.29, 0.717) is 0 Å². The summed E-state index contributed by atoms with van der Waals surface area (Å²) < 4.78 is 31.8. The molecule has 0 aliphatic heterocycles. The van der Waals surface area contributed by atoms with E-state index in [1.165, 1.54) is 43.5 Å². The van der Waals surface area contributed by atoms with Crippen molar-refractivity contribution in [2.24, 2.45) is 0 Å². The van der Waals surface area contributed by atoms with E-state index in [0.717, 1.165) is 0 Å². The van der Waals surface area contributed by atoms with Crippen LogP contribution in [-0.2, 0) is 14.8 Å². The monoisotopic (exact) mass is 393 g/mol. The minimum atomic E-state index is -4.02. The van der Waals surface area contributed by atoms with Crippen LogP contribution in [0.3, 0.4) is 0 Å². The fraction of sp³-hybridized carbons (Fsp3) is 0.0714. The van der Waals surface area contributed by atoms with Gasteiger partial charge in [0.2, 0.25) is 0 Å². The Balaban J connectivity index is 2.48. The first-order chi connectivity index (χ1) is 10.7. The lowest BCUT2D eigenvalue weighted by atomic mass is 10.2. The highest BCUT2D eigenvalue weighted by Gasteiger charge is 2.20. The number of carbonyl (C=O) groups excluding carboxylic acids is 1. The van der Waals surface area contributed by atoms with Crippen LogP contribution in [0, 0.1) is 0 Å². The normalized spacial score (nSPS) is 11.1. The van der Waals surface area contributed by atoms with Crippen molar-refractivity contribution in [1.82, 2.24) is 0 Å². The second kappa shape index (κ2) is 6.97. The zero-order valence-electron chi connectivity index (χ0n) is 11.6. The van der Waals surface area contributed by atoms with Crippen LogP contribution in [0.1, 0.15) is 10.4 Å². The largest absolute Gasteiger partial charge is 0.465 e. The van der Waals surface area contributed by atoms with Crippen molar-refractivity contribution >= 4 is 56.5 Å². The summed E-state index contributed by atoms with van der Waals surface area (Å²) in [5.74, 6) is -0.705. The molecule has 0 aliphatic rings. The van der Waals surface area contributed by atoms with Gasteiger partial charge in [-0.3, -0.25) is 4.72 Å². The van der Waals surface area contributed by atoms with Crippen molar-refractivity contribution in [1.29, 1.82) is 0 Å². The van der Waals surface area contributed by atoms with Gasteiger partial charge in [0.15, 0.2) is 0 Å². The number of rotatable bonds is 4. The second-order valence-corrected chi connectivity index (χ2v) is 7.38. The number of anilines is 1. The Kier molecular flexibility index (Phi) is 5.41. The smallest absolute Gasteiger partial charge is 0.339 e. The standard InChI is InChI=1S/C14H10Cl3NO4S/c1-22-14(19)12-3-2-8(15)7-13(12)18-23(20,21)11-5-9(16)4-10(17)6-11/h2-7,18H,1H3. The number of methoxy groups -OCH3 is 1. The quantitative estimate of drug-likeness (QED) is 0.788. The summed E-state index contributed by atoms with van der Waals surface area (Å²) in [5, 5.41) is 0.578. The molecule has 0 heterocycles. The Morgan fingerprint density at radius 1 is 1.00 bits per heavy atom. The van der Waals surface area contributed by atoms with Crippen LogP contribution in [0.2, 0.25) is 15.1 Å². The van der Waals surface area contributed by atoms with Gasteiger partial charge in [-0.1, -0.05) is 34.8 Å². The van der Waals surface area contributed by atoms with Gasteiger partial charge in [-0.05, 0) is 36.4 Å². The summed E-state index contributed by atoms with van der Waals surface area (Å²) in [7, 11) is -2.84. The van der Waals surface area contributed by atoms with Crippen LogP contribution >= 0.6 is 34.8 Å². The molecular formula is C14H10Cl3NO4S. The molecule has 0 bridgehead atoms. The van der Waals surface area contributed by atoms with Gasteiger partial charge in [0.25, 0.3) is 10.0 Å². The molecule has 2 aromatic rings. The lowest BCUT2D eigenvalue weighted by molar-refractivity contribution is 0.0602. The molecule has 0 saturated carbocycles. The zero-order valence-corrected chi connectivity index (χ0v) is 14.7. The number of halogens is 3. The summed E-state index contributed by atoms with van der Waals surface area (Å²) in [6.45, 7) is 0. The Hall–Kier alpha value is -1.47. The molecule has 0 unspecified atom stereocenters. The van der Waals surface area contributed by atoms with Gasteiger partial charge in [-0.25, -0.2) is 13.2 Å². The maximum absolute atomic E-state index is 12.5. The molecule has 1 N–H and O–H groups in total. The number of hydrogen-bond acceptors (Lipinski definition) is 4. The summed E-state index contributed by atoms with van der Waals surface area (Å²) in [5.41, 5.74) is 0.00838. The highest BCUT2D eigenvalue weighted by Crippen LogP contribution is 2.27. The molecule has 0 spiro atoms. The maximum atomic E-state index is 12.5.